The van der Waals surface area contributed by atoms with Crippen molar-refractivity contribution in [3.63, 3.8) is 0 Å². The zero-order chi connectivity index (χ0) is 16.2. The van der Waals surface area contributed by atoms with E-state index in [1.54, 1.807) is 4.31 Å². The van der Waals surface area contributed by atoms with Crippen molar-refractivity contribution in [2.45, 2.75) is 32.4 Å². The molecule has 1 aliphatic rings. The Morgan fingerprint density at radius 2 is 2.18 bits per heavy atom. The summed E-state index contributed by atoms with van der Waals surface area (Å²) in [6.45, 7) is 4.82. The van der Waals surface area contributed by atoms with Crippen LogP contribution in [0.15, 0.2) is 24.3 Å². The highest BCUT2D eigenvalue weighted by Gasteiger charge is 2.30. The molecule has 2 rings (SSSR count). The topological polar surface area (TPSA) is 49.9 Å². The molecule has 0 amide bonds. The Labute approximate surface area is 133 Å². The molecule has 5 nitrogen and oxygen atoms in total. The molecule has 1 heterocycles. The van der Waals surface area contributed by atoms with Gasteiger partial charge >= 0.3 is 0 Å². The predicted molar refractivity (Wildman–Crippen MR) is 88.5 cm³/mol. The van der Waals surface area contributed by atoms with E-state index < -0.39 is 10.0 Å². The second-order valence-electron chi connectivity index (χ2n) is 5.97. The Morgan fingerprint density at radius 1 is 1.41 bits per heavy atom. The minimum absolute atomic E-state index is 0.273. The number of nitrogens with zero attached hydrogens (tertiary/aromatic N) is 2. The van der Waals surface area contributed by atoms with Crippen molar-refractivity contribution in [1.29, 1.82) is 0 Å². The van der Waals surface area contributed by atoms with Crippen LogP contribution >= 0.6 is 0 Å². The van der Waals surface area contributed by atoms with Gasteiger partial charge in [-0.1, -0.05) is 19.1 Å². The molecule has 0 unspecified atom stereocenters. The third-order valence-corrected chi connectivity index (χ3v) is 5.29. The average Bonchev–Trinajstić information content (AvgIpc) is 2.95. The molecule has 0 spiro atoms. The third kappa shape index (κ3) is 4.69. The molecule has 0 bridgehead atoms. The van der Waals surface area contributed by atoms with Crippen LogP contribution in [0.2, 0.25) is 0 Å². The number of benzene rings is 1. The SMILES string of the molecule is CCCOc1cccc(CN(C)[C@H]2CCN(S(C)(=O)=O)C2)c1. The van der Waals surface area contributed by atoms with Gasteiger partial charge in [-0.05, 0) is 37.6 Å². The molecule has 0 aliphatic carbocycles. The van der Waals surface area contributed by atoms with Gasteiger partial charge in [0.25, 0.3) is 0 Å². The summed E-state index contributed by atoms with van der Waals surface area (Å²) in [7, 11) is -1.02. The van der Waals surface area contributed by atoms with Gasteiger partial charge in [0.1, 0.15) is 5.75 Å². The molecular formula is C16H26N2O3S. The Kier molecular flexibility index (Phi) is 5.83. The quantitative estimate of drug-likeness (QED) is 0.768. The first-order valence-electron chi connectivity index (χ1n) is 7.77. The minimum atomic E-state index is -3.07. The Bertz CT molecular complexity index is 589. The highest BCUT2D eigenvalue weighted by molar-refractivity contribution is 7.88. The van der Waals surface area contributed by atoms with Crippen LogP contribution in [0.5, 0.6) is 5.75 Å². The van der Waals surface area contributed by atoms with E-state index in [0.29, 0.717) is 13.1 Å². The van der Waals surface area contributed by atoms with Gasteiger partial charge in [-0.2, -0.15) is 0 Å². The van der Waals surface area contributed by atoms with E-state index in [9.17, 15) is 8.42 Å². The molecule has 6 heteroatoms. The molecule has 0 radical (unpaired) electrons. The van der Waals surface area contributed by atoms with E-state index in [1.165, 1.54) is 11.8 Å². The van der Waals surface area contributed by atoms with E-state index in [2.05, 4.69) is 31.0 Å². The predicted octanol–water partition coefficient (Wildman–Crippen LogP) is 1.94. The fraction of sp³-hybridized carbons (Fsp3) is 0.625. The Balaban J connectivity index is 1.93. The summed E-state index contributed by atoms with van der Waals surface area (Å²) in [4.78, 5) is 2.23. The van der Waals surface area contributed by atoms with Crippen LogP contribution in [0.4, 0.5) is 0 Å². The van der Waals surface area contributed by atoms with Crippen molar-refractivity contribution in [1.82, 2.24) is 9.21 Å². The fourth-order valence-corrected chi connectivity index (χ4v) is 3.62. The molecule has 0 aromatic heterocycles. The van der Waals surface area contributed by atoms with Gasteiger partial charge in [0.2, 0.25) is 10.0 Å². The summed E-state index contributed by atoms with van der Waals surface area (Å²) in [6.07, 6.45) is 3.16. The smallest absolute Gasteiger partial charge is 0.211 e. The molecule has 124 valence electrons. The summed E-state index contributed by atoms with van der Waals surface area (Å²) in [6, 6.07) is 8.40. The molecule has 1 aromatic rings. The number of likely N-dealkylation sites (N-methyl/N-ethyl adjacent to an activating group) is 1. The highest BCUT2D eigenvalue weighted by atomic mass is 32.2. The number of ether oxygens (including phenoxy) is 1. The maximum Gasteiger partial charge on any atom is 0.211 e. The first-order valence-corrected chi connectivity index (χ1v) is 9.62. The Morgan fingerprint density at radius 3 is 2.82 bits per heavy atom. The normalized spacial score (nSPS) is 19.7. The molecule has 22 heavy (non-hydrogen) atoms. The summed E-state index contributed by atoms with van der Waals surface area (Å²) in [5.41, 5.74) is 1.19. The number of hydrogen-bond acceptors (Lipinski definition) is 4. The zero-order valence-electron chi connectivity index (χ0n) is 13.7. The van der Waals surface area contributed by atoms with Crippen LogP contribution in [0.1, 0.15) is 25.3 Å². The molecule has 0 N–H and O–H groups in total. The summed E-state index contributed by atoms with van der Waals surface area (Å²) in [5.74, 6) is 0.900. The van der Waals surface area contributed by atoms with Gasteiger partial charge in [-0.25, -0.2) is 12.7 Å². The van der Waals surface area contributed by atoms with Crippen LogP contribution in [0.25, 0.3) is 0 Å². The average molecular weight is 326 g/mol. The first kappa shape index (κ1) is 17.2. The summed E-state index contributed by atoms with van der Waals surface area (Å²) >= 11 is 0. The lowest BCUT2D eigenvalue weighted by Gasteiger charge is -2.24. The lowest BCUT2D eigenvalue weighted by atomic mass is 10.1. The standard InChI is InChI=1S/C16H26N2O3S/c1-4-10-21-16-7-5-6-14(11-16)12-17(2)15-8-9-18(13-15)22(3,19)20/h5-7,11,15H,4,8-10,12-13H2,1-3H3/t15-/m0/s1. The molecule has 1 saturated heterocycles. The summed E-state index contributed by atoms with van der Waals surface area (Å²) in [5, 5.41) is 0. The van der Waals surface area contributed by atoms with Gasteiger partial charge in [0, 0.05) is 25.7 Å². The maximum absolute atomic E-state index is 11.6. The van der Waals surface area contributed by atoms with Crippen LogP contribution in [0, 0.1) is 0 Å². The van der Waals surface area contributed by atoms with E-state index in [1.807, 2.05) is 12.1 Å². The maximum atomic E-state index is 11.6. The van der Waals surface area contributed by atoms with E-state index in [0.717, 1.165) is 31.7 Å². The number of sulfonamides is 1. The van der Waals surface area contributed by atoms with Crippen molar-refractivity contribution in [2.75, 3.05) is 33.0 Å². The second-order valence-corrected chi connectivity index (χ2v) is 7.96. The lowest BCUT2D eigenvalue weighted by molar-refractivity contribution is 0.241. The molecule has 1 aliphatic heterocycles. The van der Waals surface area contributed by atoms with Gasteiger partial charge in [-0.3, -0.25) is 4.90 Å². The first-order chi connectivity index (χ1) is 10.4. The van der Waals surface area contributed by atoms with Crippen LogP contribution < -0.4 is 4.74 Å². The van der Waals surface area contributed by atoms with Crippen molar-refractivity contribution >= 4 is 10.0 Å². The zero-order valence-corrected chi connectivity index (χ0v) is 14.5. The van der Waals surface area contributed by atoms with Crippen molar-refractivity contribution in [3.05, 3.63) is 29.8 Å². The largest absolute Gasteiger partial charge is 0.494 e. The van der Waals surface area contributed by atoms with Crippen LogP contribution in [0.3, 0.4) is 0 Å². The van der Waals surface area contributed by atoms with Gasteiger partial charge in [0.15, 0.2) is 0 Å². The van der Waals surface area contributed by atoms with Crippen molar-refractivity contribution < 1.29 is 13.2 Å². The van der Waals surface area contributed by atoms with Crippen LogP contribution in [-0.4, -0.2) is 56.7 Å². The number of rotatable bonds is 7. The molecule has 1 aromatic carbocycles. The van der Waals surface area contributed by atoms with Crippen molar-refractivity contribution in [2.24, 2.45) is 0 Å². The van der Waals surface area contributed by atoms with E-state index in [-0.39, 0.29) is 6.04 Å². The number of hydrogen-bond donors (Lipinski definition) is 0. The van der Waals surface area contributed by atoms with E-state index >= 15 is 0 Å². The van der Waals surface area contributed by atoms with E-state index in [4.69, 9.17) is 4.74 Å². The lowest BCUT2D eigenvalue weighted by Crippen LogP contribution is -2.35. The fourth-order valence-electron chi connectivity index (χ4n) is 2.74. The highest BCUT2D eigenvalue weighted by Crippen LogP contribution is 2.20. The minimum Gasteiger partial charge on any atom is -0.494 e. The molecular weight excluding hydrogens is 300 g/mol. The summed E-state index contributed by atoms with van der Waals surface area (Å²) < 4.78 is 30.4. The molecule has 0 saturated carbocycles. The van der Waals surface area contributed by atoms with Gasteiger partial charge < -0.3 is 4.74 Å². The van der Waals surface area contributed by atoms with Gasteiger partial charge in [0.05, 0.1) is 12.9 Å². The van der Waals surface area contributed by atoms with Crippen molar-refractivity contribution in [3.8, 4) is 5.75 Å². The Hall–Kier alpha value is -1.11. The van der Waals surface area contributed by atoms with Gasteiger partial charge in [-0.15, -0.1) is 0 Å². The second kappa shape index (κ2) is 7.44. The third-order valence-electron chi connectivity index (χ3n) is 4.02. The monoisotopic (exact) mass is 326 g/mol. The molecule has 1 atom stereocenters. The molecule has 1 fully saturated rings. The van der Waals surface area contributed by atoms with Crippen LogP contribution in [-0.2, 0) is 16.6 Å².